The van der Waals surface area contributed by atoms with E-state index in [4.69, 9.17) is 14.2 Å². The summed E-state index contributed by atoms with van der Waals surface area (Å²) < 4.78 is 19.2. The first-order valence-corrected chi connectivity index (χ1v) is 14.2. The van der Waals surface area contributed by atoms with Crippen LogP contribution in [-0.4, -0.2) is 74.7 Å². The maximum atomic E-state index is 13.1. The molecular weight excluding hydrogens is 524 g/mol. The first kappa shape index (κ1) is 25.0. The van der Waals surface area contributed by atoms with Crippen molar-refractivity contribution in [1.82, 2.24) is 29.6 Å². The van der Waals surface area contributed by atoms with Crippen molar-refractivity contribution in [2.24, 2.45) is 0 Å². The van der Waals surface area contributed by atoms with Gasteiger partial charge in [0.05, 0.1) is 31.8 Å². The number of thioether (sulfide) groups is 1. The summed E-state index contributed by atoms with van der Waals surface area (Å²) in [5.41, 5.74) is 2.14. The first-order chi connectivity index (χ1) is 18.7. The molecule has 2 saturated heterocycles. The molecule has 4 aromatic rings. The van der Waals surface area contributed by atoms with Crippen molar-refractivity contribution >= 4 is 29.0 Å². The van der Waals surface area contributed by atoms with Gasteiger partial charge in [-0.15, -0.1) is 21.5 Å². The van der Waals surface area contributed by atoms with Crippen LogP contribution >= 0.6 is 23.1 Å². The van der Waals surface area contributed by atoms with Crippen molar-refractivity contribution in [2.45, 2.75) is 29.5 Å². The summed E-state index contributed by atoms with van der Waals surface area (Å²) >= 11 is 2.98. The maximum absolute atomic E-state index is 13.1. The van der Waals surface area contributed by atoms with Gasteiger partial charge in [-0.3, -0.25) is 14.3 Å². The summed E-state index contributed by atoms with van der Waals surface area (Å²) in [5.74, 6) is 1.35. The summed E-state index contributed by atoms with van der Waals surface area (Å²) in [6.45, 7) is 2.43. The zero-order valence-electron chi connectivity index (χ0n) is 20.8. The van der Waals surface area contributed by atoms with Gasteiger partial charge in [-0.1, -0.05) is 23.9 Å². The third kappa shape index (κ3) is 4.92. The van der Waals surface area contributed by atoms with Gasteiger partial charge in [0.2, 0.25) is 0 Å². The molecule has 3 aromatic heterocycles. The lowest BCUT2D eigenvalue weighted by molar-refractivity contribution is -0.181. The second kappa shape index (κ2) is 10.8. The number of hydrogen-bond acceptors (Lipinski definition) is 10. The zero-order chi connectivity index (χ0) is 26.0. The van der Waals surface area contributed by atoms with Crippen LogP contribution in [0.1, 0.15) is 28.3 Å². The van der Waals surface area contributed by atoms with E-state index in [1.54, 1.807) is 19.5 Å². The van der Waals surface area contributed by atoms with E-state index in [-0.39, 0.29) is 5.91 Å². The zero-order valence-corrected chi connectivity index (χ0v) is 22.4. The molecule has 5 heterocycles. The Labute approximate surface area is 228 Å². The van der Waals surface area contributed by atoms with Crippen LogP contribution in [-0.2, 0) is 15.2 Å². The average molecular weight is 551 g/mol. The molecule has 0 aliphatic carbocycles. The van der Waals surface area contributed by atoms with Gasteiger partial charge in [-0.05, 0) is 24.3 Å². The van der Waals surface area contributed by atoms with E-state index < -0.39 is 5.79 Å². The fourth-order valence-electron chi connectivity index (χ4n) is 4.68. The molecule has 0 unspecified atom stereocenters. The highest BCUT2D eigenvalue weighted by molar-refractivity contribution is 7.98. The number of methoxy groups -OCH3 is 1. The third-order valence-corrected chi connectivity index (χ3v) is 8.57. The second-order valence-corrected chi connectivity index (χ2v) is 10.8. The van der Waals surface area contributed by atoms with Gasteiger partial charge in [0, 0.05) is 49.3 Å². The van der Waals surface area contributed by atoms with Crippen LogP contribution in [0.15, 0.2) is 59.3 Å². The van der Waals surface area contributed by atoms with Gasteiger partial charge in [-0.2, -0.15) is 0 Å². The van der Waals surface area contributed by atoms with E-state index >= 15 is 0 Å². The molecular formula is C26H26N6O4S2. The predicted molar refractivity (Wildman–Crippen MR) is 143 cm³/mol. The van der Waals surface area contributed by atoms with Gasteiger partial charge in [0.1, 0.15) is 16.5 Å². The first-order valence-electron chi connectivity index (χ1n) is 12.3. The Morgan fingerprint density at radius 2 is 1.95 bits per heavy atom. The lowest BCUT2D eigenvalue weighted by atomic mass is 10.0. The van der Waals surface area contributed by atoms with Crippen molar-refractivity contribution in [3.63, 3.8) is 0 Å². The normalized spacial score (nSPS) is 16.7. The van der Waals surface area contributed by atoms with Crippen LogP contribution in [0.2, 0.25) is 0 Å². The van der Waals surface area contributed by atoms with E-state index in [1.807, 2.05) is 51.2 Å². The highest BCUT2D eigenvalue weighted by atomic mass is 32.2. The van der Waals surface area contributed by atoms with Gasteiger partial charge in [0.25, 0.3) is 5.91 Å². The van der Waals surface area contributed by atoms with Gasteiger partial charge in [0.15, 0.2) is 16.8 Å². The van der Waals surface area contributed by atoms with Crippen LogP contribution in [0.25, 0.3) is 17.1 Å². The molecule has 10 nitrogen and oxygen atoms in total. The third-order valence-electron chi connectivity index (χ3n) is 6.60. The molecule has 1 aromatic carbocycles. The summed E-state index contributed by atoms with van der Waals surface area (Å²) in [4.78, 5) is 23.8. The summed E-state index contributed by atoms with van der Waals surface area (Å²) in [7, 11) is 1.64. The standard InChI is InChI=1S/C26H26N6O4S2/c1-34-21-7-3-2-6-20(21)32-23(18-5-4-10-27-15-18)29-30-25(32)38-17-22-28-19(16-37-22)24(33)31-11-8-26(9-12-31)35-13-14-36-26/h2-7,10,15-16H,8-9,11-14,17H2,1H3. The van der Waals surface area contributed by atoms with E-state index in [2.05, 4.69) is 20.2 Å². The second-order valence-electron chi connectivity index (χ2n) is 8.87. The number of para-hydroxylation sites is 2. The van der Waals surface area contributed by atoms with Crippen molar-refractivity contribution in [2.75, 3.05) is 33.4 Å². The van der Waals surface area contributed by atoms with Crippen molar-refractivity contribution in [1.29, 1.82) is 0 Å². The molecule has 1 spiro atoms. The number of piperidine rings is 1. The van der Waals surface area contributed by atoms with E-state index in [1.165, 1.54) is 23.1 Å². The monoisotopic (exact) mass is 550 g/mol. The van der Waals surface area contributed by atoms with Gasteiger partial charge >= 0.3 is 0 Å². The molecule has 196 valence electrons. The van der Waals surface area contributed by atoms with Crippen LogP contribution in [0.3, 0.4) is 0 Å². The molecule has 0 radical (unpaired) electrons. The summed E-state index contributed by atoms with van der Waals surface area (Å²) in [5, 5.41) is 12.3. The Morgan fingerprint density at radius 1 is 1.13 bits per heavy atom. The Bertz CT molecular complexity index is 1410. The van der Waals surface area contributed by atoms with Gasteiger partial charge in [-0.25, -0.2) is 4.98 Å². The summed E-state index contributed by atoms with van der Waals surface area (Å²) in [6.07, 6.45) is 4.85. The number of nitrogens with zero attached hydrogens (tertiary/aromatic N) is 6. The number of rotatable bonds is 7. The van der Waals surface area contributed by atoms with Crippen LogP contribution in [0.4, 0.5) is 0 Å². The lowest BCUT2D eigenvalue weighted by Gasteiger charge is -2.37. The Balaban J connectivity index is 1.19. The molecule has 1 amide bonds. The summed E-state index contributed by atoms with van der Waals surface area (Å²) in [6, 6.07) is 11.6. The number of likely N-dealkylation sites (tertiary alicyclic amines) is 1. The lowest BCUT2D eigenvalue weighted by Crippen LogP contribution is -2.47. The molecule has 0 N–H and O–H groups in total. The Kier molecular flexibility index (Phi) is 7.11. The Hall–Kier alpha value is -3.32. The van der Waals surface area contributed by atoms with Gasteiger partial charge < -0.3 is 19.1 Å². The molecule has 0 bridgehead atoms. The SMILES string of the molecule is COc1ccccc1-n1c(SCc2nc(C(=O)N3CCC4(CC3)OCCO4)cs2)nnc1-c1cccnc1. The minimum Gasteiger partial charge on any atom is -0.495 e. The van der Waals surface area contributed by atoms with Crippen molar-refractivity contribution in [3.8, 4) is 22.8 Å². The predicted octanol–water partition coefficient (Wildman–Crippen LogP) is 4.07. The molecule has 38 heavy (non-hydrogen) atoms. The van der Waals surface area contributed by atoms with Crippen molar-refractivity contribution < 1.29 is 19.0 Å². The number of benzene rings is 1. The van der Waals surface area contributed by atoms with Crippen LogP contribution in [0.5, 0.6) is 5.75 Å². The van der Waals surface area contributed by atoms with E-state index in [0.717, 1.165) is 16.3 Å². The highest BCUT2D eigenvalue weighted by Gasteiger charge is 2.41. The number of carbonyl (C=O) groups excluding carboxylic acids is 1. The number of aromatic nitrogens is 5. The largest absolute Gasteiger partial charge is 0.495 e. The fraction of sp³-hybridized carbons (Fsp3) is 0.346. The van der Waals surface area contributed by atoms with E-state index in [9.17, 15) is 4.79 Å². The van der Waals surface area contributed by atoms with E-state index in [0.29, 0.717) is 67.3 Å². The molecule has 0 atom stereocenters. The molecule has 2 aliphatic rings. The Morgan fingerprint density at radius 3 is 2.71 bits per heavy atom. The maximum Gasteiger partial charge on any atom is 0.273 e. The molecule has 0 saturated carbocycles. The molecule has 6 rings (SSSR count). The average Bonchev–Trinajstić information content (AvgIpc) is 3.73. The number of carbonyl (C=O) groups is 1. The van der Waals surface area contributed by atoms with Crippen LogP contribution < -0.4 is 4.74 Å². The van der Waals surface area contributed by atoms with Crippen molar-refractivity contribution in [3.05, 3.63) is 64.9 Å². The number of thiazole rings is 1. The molecule has 12 heteroatoms. The quantitative estimate of drug-likeness (QED) is 0.315. The molecule has 2 fully saturated rings. The number of ether oxygens (including phenoxy) is 3. The smallest absolute Gasteiger partial charge is 0.273 e. The highest BCUT2D eigenvalue weighted by Crippen LogP contribution is 2.34. The molecule has 2 aliphatic heterocycles. The van der Waals surface area contributed by atoms with Crippen LogP contribution in [0, 0.1) is 0 Å². The number of amides is 1. The topological polar surface area (TPSA) is 104 Å². The number of hydrogen-bond donors (Lipinski definition) is 0. The minimum atomic E-state index is -0.507. The number of pyridine rings is 1. The minimum absolute atomic E-state index is 0.0543. The fourth-order valence-corrected chi connectivity index (χ4v) is 6.41.